The largest absolute Gasteiger partial charge is 0.497 e. The van der Waals surface area contributed by atoms with Gasteiger partial charge in [-0.2, -0.15) is 0 Å². The Morgan fingerprint density at radius 1 is 1.03 bits per heavy atom. The maximum absolute atomic E-state index is 12.3. The number of nitrogens with one attached hydrogen (secondary N) is 1. The molecule has 1 amide bonds. The van der Waals surface area contributed by atoms with Crippen molar-refractivity contribution in [3.05, 3.63) is 83.4 Å². The molecule has 146 valence electrons. The molecule has 0 aromatic heterocycles. The number of carbonyl (C=O) groups is 1. The zero-order chi connectivity index (χ0) is 20.2. The minimum atomic E-state index is -0.289. The number of aliphatic imine (C=N–C) groups is 1. The van der Waals surface area contributed by atoms with Crippen molar-refractivity contribution in [2.45, 2.75) is 16.7 Å². The van der Waals surface area contributed by atoms with Gasteiger partial charge in [0.05, 0.1) is 25.1 Å². The van der Waals surface area contributed by atoms with E-state index in [4.69, 9.17) is 14.6 Å². The summed E-state index contributed by atoms with van der Waals surface area (Å²) >= 11 is 1.65. The maximum atomic E-state index is 12.3. The average molecular weight is 404 g/mol. The van der Waals surface area contributed by atoms with Crippen LogP contribution in [0.2, 0.25) is 0 Å². The number of hydrogen-bond donors (Lipinski definition) is 1. The average Bonchev–Trinajstić information content (AvgIpc) is 2.93. The Hall–Kier alpha value is -3.09. The quantitative estimate of drug-likeness (QED) is 0.475. The molecule has 0 radical (unpaired) electrons. The molecule has 3 aromatic carbocycles. The summed E-state index contributed by atoms with van der Waals surface area (Å²) in [6.07, 6.45) is 0. The highest BCUT2D eigenvalue weighted by Crippen LogP contribution is 2.41. The van der Waals surface area contributed by atoms with E-state index in [0.29, 0.717) is 12.2 Å². The van der Waals surface area contributed by atoms with Crippen molar-refractivity contribution < 1.29 is 14.4 Å². The first kappa shape index (κ1) is 19.2. The lowest BCUT2D eigenvalue weighted by atomic mass is 10.0. The zero-order valence-corrected chi connectivity index (χ0v) is 17.0. The van der Waals surface area contributed by atoms with Crippen molar-refractivity contribution in [1.29, 1.82) is 0 Å². The topological polar surface area (TPSA) is 59.9 Å². The Kier molecular flexibility index (Phi) is 5.64. The van der Waals surface area contributed by atoms with E-state index in [2.05, 4.69) is 17.6 Å². The van der Waals surface area contributed by atoms with Crippen LogP contribution in [-0.4, -0.2) is 25.3 Å². The molecule has 0 fully saturated rings. The Bertz CT molecular complexity index is 1080. The van der Waals surface area contributed by atoms with E-state index in [1.165, 1.54) is 0 Å². The number of fused-ring (bicyclic) bond motifs is 2. The van der Waals surface area contributed by atoms with Crippen LogP contribution < -0.4 is 10.2 Å². The van der Waals surface area contributed by atoms with Gasteiger partial charge in [0, 0.05) is 26.5 Å². The molecule has 0 bridgehead atoms. The first-order valence-electron chi connectivity index (χ1n) is 9.26. The summed E-state index contributed by atoms with van der Waals surface area (Å²) in [5.41, 5.74) is 6.58. The van der Waals surface area contributed by atoms with Crippen LogP contribution in [0.4, 0.5) is 5.69 Å². The fourth-order valence-electron chi connectivity index (χ4n) is 3.05. The van der Waals surface area contributed by atoms with Crippen molar-refractivity contribution in [2.75, 3.05) is 13.7 Å². The van der Waals surface area contributed by atoms with Gasteiger partial charge < -0.3 is 4.74 Å². The van der Waals surface area contributed by atoms with Gasteiger partial charge in [0.25, 0.3) is 5.91 Å². The van der Waals surface area contributed by atoms with Crippen LogP contribution >= 0.6 is 11.8 Å². The van der Waals surface area contributed by atoms with Crippen molar-refractivity contribution in [3.63, 3.8) is 0 Å². The van der Waals surface area contributed by atoms with Gasteiger partial charge in [-0.25, -0.2) is 10.5 Å². The number of amides is 1. The number of methoxy groups -OCH3 is 1. The summed E-state index contributed by atoms with van der Waals surface area (Å²) in [6, 6.07) is 21.5. The predicted octanol–water partition coefficient (Wildman–Crippen LogP) is 5.01. The number of nitrogens with zero attached hydrogens (tertiary/aromatic N) is 1. The van der Waals surface area contributed by atoms with Crippen LogP contribution in [0.25, 0.3) is 0 Å². The summed E-state index contributed by atoms with van der Waals surface area (Å²) in [6.45, 7) is 2.22. The van der Waals surface area contributed by atoms with Crippen LogP contribution in [-0.2, 0) is 4.84 Å². The van der Waals surface area contributed by atoms with E-state index in [1.54, 1.807) is 31.0 Å². The Balaban J connectivity index is 1.82. The monoisotopic (exact) mass is 404 g/mol. The Labute approximate surface area is 173 Å². The van der Waals surface area contributed by atoms with Gasteiger partial charge in [-0.3, -0.25) is 9.63 Å². The predicted molar refractivity (Wildman–Crippen MR) is 114 cm³/mol. The molecular weight excluding hydrogens is 384 g/mol. The van der Waals surface area contributed by atoms with Crippen LogP contribution in [0.15, 0.2) is 81.5 Å². The second-order valence-electron chi connectivity index (χ2n) is 6.33. The molecule has 0 unspecified atom stereocenters. The van der Waals surface area contributed by atoms with Crippen LogP contribution in [0, 0.1) is 0 Å². The molecule has 0 atom stereocenters. The van der Waals surface area contributed by atoms with Crippen molar-refractivity contribution in [1.82, 2.24) is 5.48 Å². The lowest BCUT2D eigenvalue weighted by Crippen LogP contribution is -2.23. The van der Waals surface area contributed by atoms with Crippen LogP contribution in [0.1, 0.15) is 28.4 Å². The van der Waals surface area contributed by atoms with Gasteiger partial charge >= 0.3 is 0 Å². The summed E-state index contributed by atoms with van der Waals surface area (Å²) in [7, 11) is 1.65. The molecule has 29 heavy (non-hydrogen) atoms. The molecule has 1 N–H and O–H groups in total. The van der Waals surface area contributed by atoms with Crippen molar-refractivity contribution in [3.8, 4) is 5.75 Å². The first-order valence-corrected chi connectivity index (χ1v) is 10.1. The fraction of sp³-hybridized carbons (Fsp3) is 0.130. The second-order valence-corrected chi connectivity index (χ2v) is 7.42. The highest BCUT2D eigenvalue weighted by atomic mass is 32.2. The summed E-state index contributed by atoms with van der Waals surface area (Å²) in [5, 5.41) is 0. The van der Waals surface area contributed by atoms with E-state index < -0.39 is 0 Å². The Morgan fingerprint density at radius 3 is 2.59 bits per heavy atom. The molecule has 0 saturated heterocycles. The molecule has 0 aliphatic carbocycles. The molecule has 5 nitrogen and oxygen atoms in total. The lowest BCUT2D eigenvalue weighted by molar-refractivity contribution is 0.0364. The maximum Gasteiger partial charge on any atom is 0.274 e. The molecule has 1 heterocycles. The number of rotatable bonds is 5. The number of carbonyl (C=O) groups excluding carboxylic acids is 1. The number of benzene rings is 3. The molecule has 0 saturated carbocycles. The van der Waals surface area contributed by atoms with E-state index in [1.807, 2.05) is 49.4 Å². The number of ether oxygens (including phenoxy) is 1. The normalized spacial score (nSPS) is 12.3. The Morgan fingerprint density at radius 2 is 1.83 bits per heavy atom. The number of hydroxylamine groups is 1. The zero-order valence-electron chi connectivity index (χ0n) is 16.1. The molecule has 0 spiro atoms. The molecule has 1 aliphatic rings. The minimum Gasteiger partial charge on any atom is -0.497 e. The van der Waals surface area contributed by atoms with Gasteiger partial charge in [-0.1, -0.05) is 30.0 Å². The second kappa shape index (κ2) is 8.51. The third-order valence-electron chi connectivity index (χ3n) is 4.49. The summed E-state index contributed by atoms with van der Waals surface area (Å²) < 4.78 is 5.28. The SMILES string of the molecule is CCONC(=O)c1ccc2c(c1)N=C(c1ccc(OC)cc1)c1ccccc1S2. The van der Waals surface area contributed by atoms with Crippen LogP contribution in [0.3, 0.4) is 0 Å². The van der Waals surface area contributed by atoms with E-state index in [9.17, 15) is 4.79 Å². The van der Waals surface area contributed by atoms with E-state index in [-0.39, 0.29) is 5.91 Å². The molecule has 4 rings (SSSR count). The van der Waals surface area contributed by atoms with Gasteiger partial charge in [-0.15, -0.1) is 0 Å². The van der Waals surface area contributed by atoms with Gasteiger partial charge in [0.2, 0.25) is 0 Å². The van der Waals surface area contributed by atoms with E-state index in [0.717, 1.165) is 38.1 Å². The van der Waals surface area contributed by atoms with E-state index >= 15 is 0 Å². The summed E-state index contributed by atoms with van der Waals surface area (Å²) in [5.74, 6) is 0.503. The van der Waals surface area contributed by atoms with Gasteiger partial charge in [0.1, 0.15) is 5.75 Å². The standard InChI is InChI=1S/C23H20N2O3S/c1-3-28-25-23(26)16-10-13-21-19(14-16)24-22(15-8-11-17(27-2)12-9-15)18-6-4-5-7-20(18)29-21/h4-14H,3H2,1-2H3,(H,25,26). The smallest absolute Gasteiger partial charge is 0.274 e. The van der Waals surface area contributed by atoms with Crippen molar-refractivity contribution in [2.24, 2.45) is 4.99 Å². The van der Waals surface area contributed by atoms with Crippen LogP contribution in [0.5, 0.6) is 5.75 Å². The van der Waals surface area contributed by atoms with Gasteiger partial charge in [0.15, 0.2) is 0 Å². The van der Waals surface area contributed by atoms with Crippen molar-refractivity contribution >= 4 is 29.1 Å². The minimum absolute atomic E-state index is 0.289. The summed E-state index contributed by atoms with van der Waals surface area (Å²) in [4.78, 5) is 24.4. The molecule has 1 aliphatic heterocycles. The first-order chi connectivity index (χ1) is 14.2. The third kappa shape index (κ3) is 4.04. The highest BCUT2D eigenvalue weighted by molar-refractivity contribution is 7.99. The molecular formula is C23H20N2O3S. The molecule has 6 heteroatoms. The lowest BCUT2D eigenvalue weighted by Gasteiger charge is -2.09. The fourth-order valence-corrected chi connectivity index (χ4v) is 4.05. The van der Waals surface area contributed by atoms with Gasteiger partial charge in [-0.05, 0) is 55.5 Å². The third-order valence-corrected chi connectivity index (χ3v) is 5.63. The molecule has 3 aromatic rings. The highest BCUT2D eigenvalue weighted by Gasteiger charge is 2.20. The number of hydrogen-bond acceptors (Lipinski definition) is 5.